The van der Waals surface area contributed by atoms with Gasteiger partial charge in [0, 0.05) is 13.5 Å². The summed E-state index contributed by atoms with van der Waals surface area (Å²) >= 11 is 0. The number of carbonyl (C=O) groups is 3. The molecular formula is C20H25N3O8. The highest BCUT2D eigenvalue weighted by Gasteiger charge is 2.39. The molecule has 0 spiro atoms. The highest BCUT2D eigenvalue weighted by Crippen LogP contribution is 2.22. The Bertz CT molecular complexity index is 840. The van der Waals surface area contributed by atoms with Gasteiger partial charge in [-0.3, -0.25) is 4.90 Å². The number of methoxy groups -OCH3 is 3. The number of oxime groups is 1. The van der Waals surface area contributed by atoms with Crippen LogP contribution in [0.5, 0.6) is 0 Å². The summed E-state index contributed by atoms with van der Waals surface area (Å²) in [5, 5.41) is 3.70. The molecule has 168 valence electrons. The Labute approximate surface area is 179 Å². The summed E-state index contributed by atoms with van der Waals surface area (Å²) in [4.78, 5) is 42.1. The first-order valence-corrected chi connectivity index (χ1v) is 9.28. The van der Waals surface area contributed by atoms with Gasteiger partial charge in [0.1, 0.15) is 6.61 Å². The third kappa shape index (κ3) is 6.71. The van der Waals surface area contributed by atoms with Crippen LogP contribution in [0.4, 0.5) is 4.79 Å². The average Bonchev–Trinajstić information content (AvgIpc) is 3.24. The first kappa shape index (κ1) is 23.7. The molecule has 0 aliphatic carbocycles. The Morgan fingerprint density at radius 1 is 1.16 bits per heavy atom. The zero-order valence-corrected chi connectivity index (χ0v) is 17.5. The van der Waals surface area contributed by atoms with E-state index in [-0.39, 0.29) is 25.1 Å². The van der Waals surface area contributed by atoms with Gasteiger partial charge in [-0.15, -0.1) is 0 Å². The summed E-state index contributed by atoms with van der Waals surface area (Å²) in [5.74, 6) is -2.45. The zero-order chi connectivity index (χ0) is 22.8. The topological polar surface area (TPSA) is 139 Å². The standard InChI is InChI=1S/C20H25N3O8/c1-27-14-9-15(18(21)22-31-16(19(25)29-3)10-17(24)28-2)23(11-14)20(26)30-12-13-7-5-4-6-8-13/h4-8,10,14-15H,9,11-12H2,1-3H3,(H2,21,22)/b16-10+/t14-,15+/m1/s1. The van der Waals surface area contributed by atoms with Gasteiger partial charge in [0.25, 0.3) is 0 Å². The number of amides is 1. The first-order valence-electron chi connectivity index (χ1n) is 9.28. The van der Waals surface area contributed by atoms with E-state index in [4.69, 9.17) is 20.0 Å². The van der Waals surface area contributed by atoms with Crippen LogP contribution in [0.1, 0.15) is 12.0 Å². The van der Waals surface area contributed by atoms with Crippen LogP contribution < -0.4 is 5.73 Å². The van der Waals surface area contributed by atoms with Crippen LogP contribution in [0, 0.1) is 0 Å². The summed E-state index contributed by atoms with van der Waals surface area (Å²) in [6.07, 6.45) is 0.198. The number of hydrogen-bond acceptors (Lipinski definition) is 9. The van der Waals surface area contributed by atoms with Crippen molar-refractivity contribution in [3.8, 4) is 0 Å². The monoisotopic (exact) mass is 435 g/mol. The molecule has 1 aliphatic rings. The maximum absolute atomic E-state index is 12.6. The van der Waals surface area contributed by atoms with Gasteiger partial charge in [-0.1, -0.05) is 35.5 Å². The fourth-order valence-electron chi connectivity index (χ4n) is 2.80. The molecule has 1 fully saturated rings. The Hall–Kier alpha value is -3.60. The molecule has 0 radical (unpaired) electrons. The largest absolute Gasteiger partial charge is 0.466 e. The third-order valence-electron chi connectivity index (χ3n) is 4.46. The van der Waals surface area contributed by atoms with Crippen LogP contribution in [0.15, 0.2) is 47.3 Å². The Morgan fingerprint density at radius 2 is 1.87 bits per heavy atom. The highest BCUT2D eigenvalue weighted by atomic mass is 16.7. The highest BCUT2D eigenvalue weighted by molar-refractivity contribution is 5.95. The van der Waals surface area contributed by atoms with Crippen LogP contribution in [0.3, 0.4) is 0 Å². The summed E-state index contributed by atoms with van der Waals surface area (Å²) in [6.45, 7) is 0.315. The van der Waals surface area contributed by atoms with E-state index < -0.39 is 29.8 Å². The van der Waals surface area contributed by atoms with Gasteiger partial charge < -0.3 is 29.5 Å². The van der Waals surface area contributed by atoms with Crippen molar-refractivity contribution in [2.24, 2.45) is 10.9 Å². The second-order valence-electron chi connectivity index (χ2n) is 6.43. The molecule has 11 heteroatoms. The number of benzene rings is 1. The molecule has 0 saturated carbocycles. The Balaban J connectivity index is 2.12. The molecule has 1 aromatic carbocycles. The fourth-order valence-corrected chi connectivity index (χ4v) is 2.80. The van der Waals surface area contributed by atoms with Gasteiger partial charge in [0.2, 0.25) is 5.76 Å². The average molecular weight is 435 g/mol. The number of likely N-dealkylation sites (tertiary alicyclic amines) is 1. The predicted octanol–water partition coefficient (Wildman–Crippen LogP) is 0.931. The number of carbonyl (C=O) groups excluding carboxylic acids is 3. The lowest BCUT2D eigenvalue weighted by atomic mass is 10.2. The minimum Gasteiger partial charge on any atom is -0.466 e. The lowest BCUT2D eigenvalue weighted by Crippen LogP contribution is -2.44. The maximum Gasteiger partial charge on any atom is 0.410 e. The maximum atomic E-state index is 12.6. The van der Waals surface area contributed by atoms with Crippen molar-refractivity contribution in [1.82, 2.24) is 4.90 Å². The molecule has 2 atom stereocenters. The molecule has 0 unspecified atom stereocenters. The number of amidine groups is 1. The smallest absolute Gasteiger partial charge is 0.410 e. The predicted molar refractivity (Wildman–Crippen MR) is 107 cm³/mol. The molecule has 1 saturated heterocycles. The van der Waals surface area contributed by atoms with Crippen molar-refractivity contribution in [1.29, 1.82) is 0 Å². The zero-order valence-electron chi connectivity index (χ0n) is 17.5. The molecule has 1 heterocycles. The van der Waals surface area contributed by atoms with Crippen molar-refractivity contribution in [3.05, 3.63) is 47.7 Å². The first-order chi connectivity index (χ1) is 14.9. The van der Waals surface area contributed by atoms with E-state index >= 15 is 0 Å². The van der Waals surface area contributed by atoms with Gasteiger partial charge in [-0.05, 0) is 5.56 Å². The Kier molecular flexibility index (Phi) is 8.82. The van der Waals surface area contributed by atoms with Gasteiger partial charge in [0.05, 0.1) is 39.0 Å². The van der Waals surface area contributed by atoms with Crippen LogP contribution in [-0.2, 0) is 40.0 Å². The third-order valence-corrected chi connectivity index (χ3v) is 4.46. The van der Waals surface area contributed by atoms with E-state index in [1.165, 1.54) is 12.0 Å². The minimum atomic E-state index is -0.956. The molecule has 11 nitrogen and oxygen atoms in total. The van der Waals surface area contributed by atoms with E-state index in [2.05, 4.69) is 14.6 Å². The molecule has 1 amide bonds. The molecule has 2 rings (SSSR count). The summed E-state index contributed by atoms with van der Waals surface area (Å²) in [5.41, 5.74) is 6.84. The van der Waals surface area contributed by atoms with E-state index in [0.29, 0.717) is 6.42 Å². The summed E-state index contributed by atoms with van der Waals surface area (Å²) in [7, 11) is 3.75. The van der Waals surface area contributed by atoms with Gasteiger partial charge in [-0.2, -0.15) is 0 Å². The molecule has 2 N–H and O–H groups in total. The number of ether oxygens (including phenoxy) is 4. The van der Waals surface area contributed by atoms with E-state index in [0.717, 1.165) is 25.9 Å². The molecule has 31 heavy (non-hydrogen) atoms. The van der Waals surface area contributed by atoms with Crippen molar-refractivity contribution < 1.29 is 38.2 Å². The lowest BCUT2D eigenvalue weighted by molar-refractivity contribution is -0.142. The number of hydrogen-bond donors (Lipinski definition) is 1. The van der Waals surface area contributed by atoms with E-state index in [1.54, 1.807) is 0 Å². The molecule has 1 aromatic rings. The van der Waals surface area contributed by atoms with Gasteiger partial charge >= 0.3 is 18.0 Å². The normalized spacial score (nSPS) is 19.0. The van der Waals surface area contributed by atoms with Crippen molar-refractivity contribution in [2.45, 2.75) is 25.2 Å². The van der Waals surface area contributed by atoms with E-state index in [9.17, 15) is 14.4 Å². The molecular weight excluding hydrogens is 410 g/mol. The summed E-state index contributed by atoms with van der Waals surface area (Å²) in [6, 6.07) is 8.50. The van der Waals surface area contributed by atoms with Crippen LogP contribution in [-0.4, -0.2) is 68.8 Å². The number of rotatable bonds is 8. The van der Waals surface area contributed by atoms with Crippen LogP contribution in [0.2, 0.25) is 0 Å². The molecule has 1 aliphatic heterocycles. The molecule has 0 bridgehead atoms. The fraction of sp³-hybridized carbons (Fsp3) is 0.400. The SMILES string of the molecule is COC(=O)/C=C(/O/N=C(\N)[C@@H]1C[C@@H](OC)CN1C(=O)OCc1ccccc1)C(=O)OC. The second-order valence-corrected chi connectivity index (χ2v) is 6.43. The number of nitrogens with two attached hydrogens (primary N) is 1. The summed E-state index contributed by atoms with van der Waals surface area (Å²) < 4.78 is 19.7. The number of nitrogens with zero attached hydrogens (tertiary/aromatic N) is 2. The Morgan fingerprint density at radius 3 is 2.48 bits per heavy atom. The van der Waals surface area contributed by atoms with E-state index in [1.807, 2.05) is 30.3 Å². The van der Waals surface area contributed by atoms with Crippen molar-refractivity contribution in [3.63, 3.8) is 0 Å². The van der Waals surface area contributed by atoms with Crippen LogP contribution >= 0.6 is 0 Å². The lowest BCUT2D eigenvalue weighted by Gasteiger charge is -2.23. The molecule has 0 aromatic heterocycles. The second kappa shape index (κ2) is 11.6. The van der Waals surface area contributed by atoms with Crippen LogP contribution in [0.25, 0.3) is 0 Å². The minimum absolute atomic E-state index is 0.0858. The quantitative estimate of drug-likeness (QED) is 0.120. The van der Waals surface area contributed by atoms with Gasteiger partial charge in [-0.25, -0.2) is 14.4 Å². The van der Waals surface area contributed by atoms with Gasteiger partial charge in [0.15, 0.2) is 5.84 Å². The van der Waals surface area contributed by atoms with Crippen molar-refractivity contribution in [2.75, 3.05) is 27.9 Å². The van der Waals surface area contributed by atoms with Crippen molar-refractivity contribution >= 4 is 23.9 Å². The number of esters is 2.